The fourth-order valence-corrected chi connectivity index (χ4v) is 3.45. The first-order valence-electron chi connectivity index (χ1n) is 9.94. The predicted molar refractivity (Wildman–Crippen MR) is 123 cm³/mol. The van der Waals surface area contributed by atoms with Crippen molar-refractivity contribution in [2.75, 3.05) is 41.9 Å². The van der Waals surface area contributed by atoms with Crippen molar-refractivity contribution < 1.29 is 17.9 Å². The van der Waals surface area contributed by atoms with Crippen LogP contribution in [0.1, 0.15) is 11.1 Å². The Labute approximate surface area is 196 Å². The molecule has 0 saturated carbocycles. The van der Waals surface area contributed by atoms with E-state index in [2.05, 4.69) is 46.7 Å². The maximum absolute atomic E-state index is 13.1. The molecule has 0 atom stereocenters. The molecule has 0 bridgehead atoms. The SMILES string of the molecule is FC(F)(F)c1cccc(Nc2nc(NN=Cc3cccc(Br)c3)nc(N3CCOCC3)n2)c1. The molecular weight excluding hydrogens is 503 g/mol. The highest BCUT2D eigenvalue weighted by atomic mass is 79.9. The van der Waals surface area contributed by atoms with E-state index in [1.165, 1.54) is 12.1 Å². The average Bonchev–Trinajstić information content (AvgIpc) is 2.79. The maximum atomic E-state index is 13.1. The van der Waals surface area contributed by atoms with Gasteiger partial charge in [-0.2, -0.15) is 33.2 Å². The van der Waals surface area contributed by atoms with Crippen LogP contribution in [0.3, 0.4) is 0 Å². The molecule has 1 aromatic heterocycles. The van der Waals surface area contributed by atoms with E-state index in [4.69, 9.17) is 4.74 Å². The molecule has 1 fully saturated rings. The van der Waals surface area contributed by atoms with Crippen LogP contribution in [0.4, 0.5) is 36.7 Å². The molecule has 1 aliphatic heterocycles. The first-order valence-corrected chi connectivity index (χ1v) is 10.7. The molecule has 2 aromatic carbocycles. The van der Waals surface area contributed by atoms with E-state index in [0.29, 0.717) is 32.3 Å². The van der Waals surface area contributed by atoms with Crippen LogP contribution in [0.25, 0.3) is 0 Å². The van der Waals surface area contributed by atoms with Crippen molar-refractivity contribution in [3.63, 3.8) is 0 Å². The van der Waals surface area contributed by atoms with E-state index in [1.54, 1.807) is 6.21 Å². The van der Waals surface area contributed by atoms with Gasteiger partial charge in [-0.1, -0.05) is 34.1 Å². The van der Waals surface area contributed by atoms with Crippen LogP contribution < -0.4 is 15.6 Å². The molecule has 2 N–H and O–H groups in total. The molecule has 172 valence electrons. The summed E-state index contributed by atoms with van der Waals surface area (Å²) in [5, 5.41) is 7.00. The van der Waals surface area contributed by atoms with Gasteiger partial charge in [0, 0.05) is 23.2 Å². The Morgan fingerprint density at radius 1 is 1.00 bits per heavy atom. The molecule has 2 heterocycles. The van der Waals surface area contributed by atoms with Crippen molar-refractivity contribution in [1.29, 1.82) is 0 Å². The van der Waals surface area contributed by atoms with Crippen LogP contribution in [-0.4, -0.2) is 47.5 Å². The van der Waals surface area contributed by atoms with Gasteiger partial charge >= 0.3 is 6.18 Å². The summed E-state index contributed by atoms with van der Waals surface area (Å²) in [5.74, 6) is 0.598. The number of hydrogen-bond donors (Lipinski definition) is 2. The number of aromatic nitrogens is 3. The molecule has 8 nitrogen and oxygen atoms in total. The zero-order chi connectivity index (χ0) is 23.3. The van der Waals surface area contributed by atoms with Crippen LogP contribution >= 0.6 is 15.9 Å². The molecule has 33 heavy (non-hydrogen) atoms. The van der Waals surface area contributed by atoms with Gasteiger partial charge in [-0.15, -0.1) is 0 Å². The van der Waals surface area contributed by atoms with E-state index in [1.807, 2.05) is 29.2 Å². The number of nitrogens with one attached hydrogen (secondary N) is 2. The number of rotatable bonds is 6. The molecule has 0 radical (unpaired) electrons. The standard InChI is InChI=1S/C21H19BrF3N7O/c22-16-5-1-3-14(11-16)13-26-31-19-28-18(29-20(30-19)32-7-9-33-10-8-32)27-17-6-2-4-15(12-17)21(23,24)25/h1-6,11-13H,7-10H2,(H2,27,28,29,30,31). The summed E-state index contributed by atoms with van der Waals surface area (Å²) >= 11 is 3.40. The fraction of sp³-hybridized carbons (Fsp3) is 0.238. The van der Waals surface area contributed by atoms with Crippen molar-refractivity contribution in [2.24, 2.45) is 5.10 Å². The van der Waals surface area contributed by atoms with Crippen LogP contribution in [0.15, 0.2) is 58.1 Å². The Bertz CT molecular complexity index is 1140. The summed E-state index contributed by atoms with van der Waals surface area (Å²) in [6.07, 6.45) is -2.85. The summed E-state index contributed by atoms with van der Waals surface area (Å²) in [6.45, 7) is 2.19. The smallest absolute Gasteiger partial charge is 0.378 e. The lowest BCUT2D eigenvalue weighted by molar-refractivity contribution is -0.137. The van der Waals surface area contributed by atoms with Gasteiger partial charge in [0.05, 0.1) is 25.0 Å². The van der Waals surface area contributed by atoms with Crippen LogP contribution in [0, 0.1) is 0 Å². The van der Waals surface area contributed by atoms with Crippen molar-refractivity contribution in [3.05, 3.63) is 64.1 Å². The second-order valence-corrected chi connectivity index (χ2v) is 7.93. The Morgan fingerprint density at radius 3 is 2.52 bits per heavy atom. The van der Waals surface area contributed by atoms with Gasteiger partial charge in [0.1, 0.15) is 0 Å². The van der Waals surface area contributed by atoms with Gasteiger partial charge in [-0.05, 0) is 35.9 Å². The van der Waals surface area contributed by atoms with E-state index < -0.39 is 11.7 Å². The number of halogens is 4. The molecule has 12 heteroatoms. The molecule has 0 spiro atoms. The van der Waals surface area contributed by atoms with Gasteiger partial charge in [0.2, 0.25) is 17.8 Å². The summed E-state index contributed by atoms with van der Waals surface area (Å²) in [5.41, 5.74) is 3.05. The number of nitrogens with zero attached hydrogens (tertiary/aromatic N) is 5. The molecule has 4 rings (SSSR count). The van der Waals surface area contributed by atoms with E-state index in [-0.39, 0.29) is 17.6 Å². The highest BCUT2D eigenvalue weighted by Gasteiger charge is 2.30. The topological polar surface area (TPSA) is 87.6 Å². The number of morpholine rings is 1. The van der Waals surface area contributed by atoms with Crippen molar-refractivity contribution in [2.45, 2.75) is 6.18 Å². The Hall–Kier alpha value is -3.25. The number of alkyl halides is 3. The third kappa shape index (κ3) is 6.39. The van der Waals surface area contributed by atoms with Crippen molar-refractivity contribution in [3.8, 4) is 0 Å². The van der Waals surface area contributed by atoms with Gasteiger partial charge in [0.15, 0.2) is 0 Å². The maximum Gasteiger partial charge on any atom is 0.416 e. The zero-order valence-corrected chi connectivity index (χ0v) is 18.8. The molecular formula is C21H19BrF3N7O. The lowest BCUT2D eigenvalue weighted by Crippen LogP contribution is -2.37. The summed E-state index contributed by atoms with van der Waals surface area (Å²) in [4.78, 5) is 14.9. The van der Waals surface area contributed by atoms with Crippen LogP contribution in [0.5, 0.6) is 0 Å². The van der Waals surface area contributed by atoms with Gasteiger partial charge in [-0.25, -0.2) is 5.43 Å². The predicted octanol–water partition coefficient (Wildman–Crippen LogP) is 4.68. The minimum Gasteiger partial charge on any atom is -0.378 e. The van der Waals surface area contributed by atoms with E-state index in [9.17, 15) is 13.2 Å². The van der Waals surface area contributed by atoms with Gasteiger partial charge in [0.25, 0.3) is 0 Å². The Balaban J connectivity index is 1.59. The number of ether oxygens (including phenoxy) is 1. The lowest BCUT2D eigenvalue weighted by atomic mass is 10.2. The minimum atomic E-state index is -4.45. The quantitative estimate of drug-likeness (QED) is 0.359. The molecule has 0 amide bonds. The van der Waals surface area contributed by atoms with E-state index in [0.717, 1.165) is 22.2 Å². The normalized spacial score (nSPS) is 14.5. The minimum absolute atomic E-state index is 0.0889. The molecule has 1 saturated heterocycles. The lowest BCUT2D eigenvalue weighted by Gasteiger charge is -2.27. The highest BCUT2D eigenvalue weighted by Crippen LogP contribution is 2.31. The van der Waals surface area contributed by atoms with Crippen LogP contribution in [0.2, 0.25) is 0 Å². The van der Waals surface area contributed by atoms with Gasteiger partial charge < -0.3 is 15.0 Å². The third-order valence-corrected chi connectivity index (χ3v) is 5.08. The number of hydrogen-bond acceptors (Lipinski definition) is 8. The van der Waals surface area contributed by atoms with Crippen LogP contribution in [-0.2, 0) is 10.9 Å². The van der Waals surface area contributed by atoms with Crippen molar-refractivity contribution >= 4 is 45.7 Å². The summed E-state index contributed by atoms with van der Waals surface area (Å²) in [6, 6.07) is 12.4. The third-order valence-electron chi connectivity index (χ3n) is 4.59. The summed E-state index contributed by atoms with van der Waals surface area (Å²) < 4.78 is 45.5. The number of anilines is 4. The molecule has 0 unspecified atom stereocenters. The second kappa shape index (κ2) is 10.1. The molecule has 3 aromatic rings. The van der Waals surface area contributed by atoms with E-state index >= 15 is 0 Å². The summed E-state index contributed by atoms with van der Waals surface area (Å²) in [7, 11) is 0. The largest absolute Gasteiger partial charge is 0.416 e. The first kappa shape index (κ1) is 22.9. The molecule has 0 aliphatic carbocycles. The number of benzene rings is 2. The fourth-order valence-electron chi connectivity index (χ4n) is 3.03. The Kier molecular flexibility index (Phi) is 7.04. The monoisotopic (exact) mass is 521 g/mol. The highest BCUT2D eigenvalue weighted by molar-refractivity contribution is 9.10. The van der Waals surface area contributed by atoms with Crippen molar-refractivity contribution in [1.82, 2.24) is 15.0 Å². The zero-order valence-electron chi connectivity index (χ0n) is 17.2. The average molecular weight is 522 g/mol. The second-order valence-electron chi connectivity index (χ2n) is 7.01. The Morgan fingerprint density at radius 2 is 1.76 bits per heavy atom. The first-order chi connectivity index (χ1) is 15.9. The van der Waals surface area contributed by atoms with Gasteiger partial charge in [-0.3, -0.25) is 0 Å². The number of hydrazone groups is 1. The molecule has 1 aliphatic rings.